The molecular formula is C23H22N6S. The van der Waals surface area contributed by atoms with Crippen molar-refractivity contribution in [2.45, 2.75) is 13.1 Å². The summed E-state index contributed by atoms with van der Waals surface area (Å²) >= 11 is 1.26. The monoisotopic (exact) mass is 414 g/mol. The van der Waals surface area contributed by atoms with Gasteiger partial charge in [-0.2, -0.15) is 8.75 Å². The highest BCUT2D eigenvalue weighted by atomic mass is 32.1. The lowest BCUT2D eigenvalue weighted by Crippen LogP contribution is -2.22. The molecule has 0 spiro atoms. The third-order valence-electron chi connectivity index (χ3n) is 5.29. The van der Waals surface area contributed by atoms with Crippen molar-refractivity contribution >= 4 is 45.2 Å². The number of fused-ring (bicyclic) bond motifs is 2. The first-order valence-corrected chi connectivity index (χ1v) is 10.5. The summed E-state index contributed by atoms with van der Waals surface area (Å²) in [4.78, 5) is 12.1. The summed E-state index contributed by atoms with van der Waals surface area (Å²) in [5.74, 6) is 0. The zero-order valence-corrected chi connectivity index (χ0v) is 17.7. The molecule has 0 amide bonds. The fourth-order valence-corrected chi connectivity index (χ4v) is 4.14. The van der Waals surface area contributed by atoms with Crippen molar-refractivity contribution in [3.8, 4) is 0 Å². The highest BCUT2D eigenvalue weighted by Crippen LogP contribution is 2.25. The Bertz CT molecular complexity index is 1290. The molecule has 0 aliphatic carbocycles. The normalized spacial score (nSPS) is 11.3. The Labute approximate surface area is 179 Å². The van der Waals surface area contributed by atoms with E-state index in [4.69, 9.17) is 0 Å². The zero-order chi connectivity index (χ0) is 20.5. The van der Waals surface area contributed by atoms with Crippen molar-refractivity contribution in [1.29, 1.82) is 0 Å². The van der Waals surface area contributed by atoms with Gasteiger partial charge in [-0.25, -0.2) is 4.98 Å². The van der Waals surface area contributed by atoms with Crippen LogP contribution in [0.4, 0.5) is 11.4 Å². The summed E-state index contributed by atoms with van der Waals surface area (Å²) in [7, 11) is 4.12. The lowest BCUT2D eigenvalue weighted by Gasteiger charge is -2.26. The minimum absolute atomic E-state index is 0.777. The summed E-state index contributed by atoms with van der Waals surface area (Å²) in [6.45, 7) is 1.58. The van der Waals surface area contributed by atoms with E-state index in [0.29, 0.717) is 0 Å². The van der Waals surface area contributed by atoms with E-state index in [0.717, 1.165) is 40.8 Å². The first-order chi connectivity index (χ1) is 14.7. The van der Waals surface area contributed by atoms with Crippen LogP contribution in [0, 0.1) is 0 Å². The van der Waals surface area contributed by atoms with Crippen molar-refractivity contribution in [2.75, 3.05) is 23.9 Å². The number of nitrogens with one attached hydrogen (secondary N) is 1. The molecule has 0 aliphatic heterocycles. The predicted octanol–water partition coefficient (Wildman–Crippen LogP) is 4.84. The fourth-order valence-electron chi connectivity index (χ4n) is 3.62. The molecule has 150 valence electrons. The molecule has 3 aromatic carbocycles. The van der Waals surface area contributed by atoms with E-state index in [1.807, 2.05) is 0 Å². The smallest absolute Gasteiger partial charge is 0.105 e. The molecule has 5 rings (SSSR count). The van der Waals surface area contributed by atoms with Gasteiger partial charge in [-0.1, -0.05) is 18.2 Å². The van der Waals surface area contributed by atoms with Crippen molar-refractivity contribution in [1.82, 2.24) is 18.7 Å². The lowest BCUT2D eigenvalue weighted by molar-refractivity contribution is 0.801. The Kier molecular flexibility index (Phi) is 4.80. The Morgan fingerprint density at radius 2 is 1.50 bits per heavy atom. The van der Waals surface area contributed by atoms with E-state index >= 15 is 0 Å². The quantitative estimate of drug-likeness (QED) is 0.431. The maximum atomic E-state index is 4.44. The number of H-pyrrole nitrogens is 1. The molecule has 0 aliphatic rings. The molecule has 1 N–H and O–H groups in total. The summed E-state index contributed by atoms with van der Waals surface area (Å²) in [5, 5.41) is 0. The van der Waals surface area contributed by atoms with Crippen molar-refractivity contribution < 1.29 is 0 Å². The van der Waals surface area contributed by atoms with Gasteiger partial charge < -0.3 is 14.8 Å². The van der Waals surface area contributed by atoms with Gasteiger partial charge >= 0.3 is 0 Å². The standard InChI is InChI=1S/C23H22N6S/c1-28(2)18-6-3-16(4-7-18)13-29(19-8-10-20-22(12-19)25-15-24-20)14-17-5-9-21-23(11-17)27-30-26-21/h3-12,15H,13-14H2,1-2H3,(H,24,25). The van der Waals surface area contributed by atoms with E-state index in [-0.39, 0.29) is 0 Å². The van der Waals surface area contributed by atoms with Gasteiger partial charge in [0.2, 0.25) is 0 Å². The Morgan fingerprint density at radius 3 is 2.33 bits per heavy atom. The number of aromatic nitrogens is 4. The molecule has 0 saturated heterocycles. The van der Waals surface area contributed by atoms with Crippen molar-refractivity contribution in [3.05, 3.63) is 78.1 Å². The summed E-state index contributed by atoms with van der Waals surface area (Å²) in [5.41, 5.74) is 8.74. The highest BCUT2D eigenvalue weighted by molar-refractivity contribution is 7.00. The van der Waals surface area contributed by atoms with Crippen LogP contribution in [0.3, 0.4) is 0 Å². The van der Waals surface area contributed by atoms with E-state index in [2.05, 4.69) is 103 Å². The molecule has 0 fully saturated rings. The maximum Gasteiger partial charge on any atom is 0.105 e. The molecule has 0 atom stereocenters. The van der Waals surface area contributed by atoms with Gasteiger partial charge in [0.1, 0.15) is 11.0 Å². The summed E-state index contributed by atoms with van der Waals surface area (Å²) in [6.07, 6.45) is 1.74. The second-order valence-corrected chi connectivity index (χ2v) is 8.14. The van der Waals surface area contributed by atoms with Crippen LogP contribution >= 0.6 is 11.7 Å². The Hall–Kier alpha value is -3.45. The van der Waals surface area contributed by atoms with Crippen molar-refractivity contribution in [3.63, 3.8) is 0 Å². The van der Waals surface area contributed by atoms with Crippen LogP contribution < -0.4 is 9.80 Å². The molecule has 2 heterocycles. The van der Waals surface area contributed by atoms with E-state index < -0.39 is 0 Å². The highest BCUT2D eigenvalue weighted by Gasteiger charge is 2.12. The number of hydrogen-bond donors (Lipinski definition) is 1. The molecule has 7 heteroatoms. The van der Waals surface area contributed by atoms with Crippen LogP contribution in [0.1, 0.15) is 11.1 Å². The number of aromatic amines is 1. The third kappa shape index (κ3) is 3.71. The van der Waals surface area contributed by atoms with Crippen LogP contribution in [-0.2, 0) is 13.1 Å². The number of hydrogen-bond acceptors (Lipinski definition) is 6. The number of benzene rings is 3. The molecular weight excluding hydrogens is 392 g/mol. The third-order valence-corrected chi connectivity index (χ3v) is 5.84. The minimum atomic E-state index is 0.777. The molecule has 5 aromatic rings. The molecule has 0 unspecified atom stereocenters. The van der Waals surface area contributed by atoms with Crippen molar-refractivity contribution in [2.24, 2.45) is 0 Å². The number of nitrogens with zero attached hydrogens (tertiary/aromatic N) is 5. The van der Waals surface area contributed by atoms with Gasteiger partial charge in [0.05, 0.1) is 29.1 Å². The van der Waals surface area contributed by atoms with Gasteiger partial charge in [0, 0.05) is 38.6 Å². The van der Waals surface area contributed by atoms with Gasteiger partial charge in [0.15, 0.2) is 0 Å². The molecule has 0 saturated carbocycles. The van der Waals surface area contributed by atoms with Crippen LogP contribution in [0.25, 0.3) is 22.1 Å². The maximum absolute atomic E-state index is 4.44. The van der Waals surface area contributed by atoms with Gasteiger partial charge in [-0.05, 0) is 53.6 Å². The first kappa shape index (κ1) is 18.6. The SMILES string of the molecule is CN(C)c1ccc(CN(Cc2ccc3nsnc3c2)c2ccc3[nH]cnc3c2)cc1. The predicted molar refractivity (Wildman–Crippen MR) is 124 cm³/mol. The van der Waals surface area contributed by atoms with Crippen LogP contribution in [0.5, 0.6) is 0 Å². The molecule has 0 bridgehead atoms. The Balaban J connectivity index is 1.48. The summed E-state index contributed by atoms with van der Waals surface area (Å²) < 4.78 is 8.71. The van der Waals surface area contributed by atoms with E-state index in [1.165, 1.54) is 28.5 Å². The van der Waals surface area contributed by atoms with Crippen LogP contribution in [0.2, 0.25) is 0 Å². The molecule has 6 nitrogen and oxygen atoms in total. The largest absolute Gasteiger partial charge is 0.378 e. The molecule has 0 radical (unpaired) electrons. The van der Waals surface area contributed by atoms with Gasteiger partial charge in [-0.15, -0.1) is 0 Å². The number of rotatable bonds is 6. The number of anilines is 2. The van der Waals surface area contributed by atoms with Crippen LogP contribution in [-0.4, -0.2) is 32.8 Å². The van der Waals surface area contributed by atoms with E-state index in [1.54, 1.807) is 6.33 Å². The second kappa shape index (κ2) is 7.76. The lowest BCUT2D eigenvalue weighted by atomic mass is 10.1. The fraction of sp³-hybridized carbons (Fsp3) is 0.174. The second-order valence-electron chi connectivity index (χ2n) is 7.61. The number of imidazole rings is 1. The minimum Gasteiger partial charge on any atom is -0.378 e. The van der Waals surface area contributed by atoms with Gasteiger partial charge in [-0.3, -0.25) is 0 Å². The topological polar surface area (TPSA) is 60.9 Å². The molecule has 30 heavy (non-hydrogen) atoms. The molecule has 2 aromatic heterocycles. The first-order valence-electron chi connectivity index (χ1n) is 9.81. The zero-order valence-electron chi connectivity index (χ0n) is 16.9. The average molecular weight is 415 g/mol. The van der Waals surface area contributed by atoms with E-state index in [9.17, 15) is 0 Å². The van der Waals surface area contributed by atoms with Gasteiger partial charge in [0.25, 0.3) is 0 Å². The average Bonchev–Trinajstić information content (AvgIpc) is 3.42. The van der Waals surface area contributed by atoms with Crippen LogP contribution in [0.15, 0.2) is 67.0 Å². The summed E-state index contributed by atoms with van der Waals surface area (Å²) in [6, 6.07) is 21.4. The Morgan fingerprint density at radius 1 is 0.767 bits per heavy atom.